The third kappa shape index (κ3) is 2.02. The minimum atomic E-state index is 1.01. The van der Waals surface area contributed by atoms with Crippen molar-refractivity contribution < 1.29 is 0 Å². The zero-order chi connectivity index (χ0) is 8.27. The summed E-state index contributed by atoms with van der Waals surface area (Å²) in [6.07, 6.45) is 2.11. The zero-order valence-corrected chi connectivity index (χ0v) is 7.61. The summed E-state index contributed by atoms with van der Waals surface area (Å²) >= 11 is 1.62. The number of rotatable bonds is 2. The Bertz CT molecular complexity index is 280. The first kappa shape index (κ1) is 8.21. The molecule has 0 saturated carbocycles. The highest BCUT2D eigenvalue weighted by atomic mass is 32.1. The predicted octanol–water partition coefficient (Wildman–Crippen LogP) is 3.50. The molecule has 1 rings (SSSR count). The Balaban J connectivity index is 3.03. The summed E-state index contributed by atoms with van der Waals surface area (Å²) in [5.74, 6) is 0. The molecule has 1 aromatic heterocycles. The van der Waals surface area contributed by atoms with Gasteiger partial charge in [-0.05, 0) is 32.0 Å². The fourth-order valence-corrected chi connectivity index (χ4v) is 1.54. The van der Waals surface area contributed by atoms with Crippen LogP contribution in [0, 0.1) is 0 Å². The zero-order valence-electron chi connectivity index (χ0n) is 6.79. The maximum Gasteiger partial charge on any atom is 0.122 e. The van der Waals surface area contributed by atoms with E-state index in [9.17, 15) is 0 Å². The van der Waals surface area contributed by atoms with Crippen molar-refractivity contribution in [3.05, 3.63) is 22.6 Å². The third-order valence-electron chi connectivity index (χ3n) is 1.26. The van der Waals surface area contributed by atoms with E-state index in [0.717, 1.165) is 5.00 Å². The lowest BCUT2D eigenvalue weighted by atomic mass is 10.2. The van der Waals surface area contributed by atoms with Crippen molar-refractivity contribution in [3.63, 3.8) is 0 Å². The smallest absolute Gasteiger partial charge is 0.122 e. The molecule has 58 valence electrons. The molecule has 1 nitrogen and oxygen atoms in total. The van der Waals surface area contributed by atoms with Gasteiger partial charge in [0.1, 0.15) is 5.00 Å². The molecular formula is C9H11NS. The van der Waals surface area contributed by atoms with Gasteiger partial charge in [-0.25, -0.2) is 0 Å². The van der Waals surface area contributed by atoms with Gasteiger partial charge in [-0.15, -0.1) is 11.3 Å². The van der Waals surface area contributed by atoms with Gasteiger partial charge in [-0.1, -0.05) is 11.6 Å². The average molecular weight is 165 g/mol. The molecular weight excluding hydrogens is 154 g/mol. The molecule has 0 fully saturated rings. The molecule has 2 heteroatoms. The quantitative estimate of drug-likeness (QED) is 0.595. The molecule has 0 radical (unpaired) electrons. The first-order valence-electron chi connectivity index (χ1n) is 3.43. The van der Waals surface area contributed by atoms with Crippen LogP contribution in [0.3, 0.4) is 0 Å². The normalized spacial score (nSPS) is 9.27. The van der Waals surface area contributed by atoms with Crippen LogP contribution in [0.1, 0.15) is 19.4 Å². The van der Waals surface area contributed by atoms with Crippen LogP contribution in [0.2, 0.25) is 0 Å². The molecule has 0 aliphatic rings. The van der Waals surface area contributed by atoms with Crippen LogP contribution in [0.4, 0.5) is 5.00 Å². The first-order valence-corrected chi connectivity index (χ1v) is 4.31. The Morgan fingerprint density at radius 3 is 2.91 bits per heavy atom. The van der Waals surface area contributed by atoms with Crippen LogP contribution >= 0.6 is 11.3 Å². The van der Waals surface area contributed by atoms with Crippen molar-refractivity contribution in [3.8, 4) is 0 Å². The van der Waals surface area contributed by atoms with Gasteiger partial charge in [0.2, 0.25) is 0 Å². The van der Waals surface area contributed by atoms with Crippen LogP contribution < -0.4 is 0 Å². The van der Waals surface area contributed by atoms with E-state index in [1.54, 1.807) is 11.3 Å². The minimum absolute atomic E-state index is 1.01. The summed E-state index contributed by atoms with van der Waals surface area (Å²) in [4.78, 5) is 3.91. The number of thiophene rings is 1. The summed E-state index contributed by atoms with van der Waals surface area (Å²) in [6.45, 7) is 7.65. The predicted molar refractivity (Wildman–Crippen MR) is 52.9 cm³/mol. The van der Waals surface area contributed by atoms with E-state index in [4.69, 9.17) is 0 Å². The molecule has 0 saturated heterocycles. The largest absolute Gasteiger partial charge is 0.253 e. The van der Waals surface area contributed by atoms with E-state index >= 15 is 0 Å². The molecule has 1 aromatic rings. The molecule has 0 unspecified atom stereocenters. The second kappa shape index (κ2) is 3.49. The third-order valence-corrected chi connectivity index (χ3v) is 2.12. The molecule has 0 atom stereocenters. The lowest BCUT2D eigenvalue weighted by molar-refractivity contribution is 1.42. The molecule has 0 aliphatic carbocycles. The lowest BCUT2D eigenvalue weighted by Crippen LogP contribution is -1.66. The molecule has 0 N–H and O–H groups in total. The standard InChI is InChI=1S/C9H11NS/c1-7(2)6-8-4-5-11-9(8)10-3/h4-6H,3H2,1-2H3. The van der Waals surface area contributed by atoms with Gasteiger partial charge in [0, 0.05) is 5.56 Å². The van der Waals surface area contributed by atoms with E-state index in [2.05, 4.69) is 37.7 Å². The molecule has 11 heavy (non-hydrogen) atoms. The minimum Gasteiger partial charge on any atom is -0.253 e. The monoisotopic (exact) mass is 165 g/mol. The van der Waals surface area contributed by atoms with E-state index in [-0.39, 0.29) is 0 Å². The van der Waals surface area contributed by atoms with Gasteiger partial charge in [-0.3, -0.25) is 4.99 Å². The van der Waals surface area contributed by atoms with Crippen molar-refractivity contribution in [1.82, 2.24) is 0 Å². The number of hydrogen-bond acceptors (Lipinski definition) is 2. The Hall–Kier alpha value is -0.890. The average Bonchev–Trinajstić information content (AvgIpc) is 2.34. The van der Waals surface area contributed by atoms with Gasteiger partial charge in [0.15, 0.2) is 0 Å². The fourth-order valence-electron chi connectivity index (χ4n) is 0.861. The fraction of sp³-hybridized carbons (Fsp3) is 0.222. The number of allylic oxidation sites excluding steroid dienone is 1. The molecule has 1 heterocycles. The molecule has 0 spiro atoms. The number of nitrogens with zero attached hydrogens (tertiary/aromatic N) is 1. The maximum absolute atomic E-state index is 3.91. The van der Waals surface area contributed by atoms with Gasteiger partial charge < -0.3 is 0 Å². The highest BCUT2D eigenvalue weighted by Gasteiger charge is 1.96. The topological polar surface area (TPSA) is 12.4 Å². The van der Waals surface area contributed by atoms with Gasteiger partial charge >= 0.3 is 0 Å². The summed E-state index contributed by atoms with van der Waals surface area (Å²) in [6, 6.07) is 2.06. The van der Waals surface area contributed by atoms with Gasteiger partial charge in [-0.2, -0.15) is 0 Å². The Labute approximate surface area is 71.1 Å². The van der Waals surface area contributed by atoms with Crippen molar-refractivity contribution in [2.24, 2.45) is 4.99 Å². The van der Waals surface area contributed by atoms with Crippen LogP contribution in [0.5, 0.6) is 0 Å². The summed E-state index contributed by atoms with van der Waals surface area (Å²) in [5, 5.41) is 3.03. The van der Waals surface area contributed by atoms with Gasteiger partial charge in [0.05, 0.1) is 0 Å². The Morgan fingerprint density at radius 2 is 2.36 bits per heavy atom. The first-order chi connectivity index (χ1) is 5.24. The summed E-state index contributed by atoms with van der Waals surface area (Å²) < 4.78 is 0. The van der Waals surface area contributed by atoms with E-state index < -0.39 is 0 Å². The van der Waals surface area contributed by atoms with Crippen molar-refractivity contribution in [2.75, 3.05) is 0 Å². The van der Waals surface area contributed by atoms with Crippen molar-refractivity contribution >= 4 is 29.1 Å². The molecule has 0 amide bonds. The van der Waals surface area contributed by atoms with Crippen LogP contribution in [-0.4, -0.2) is 6.72 Å². The number of aliphatic imine (C=N–C) groups is 1. The molecule has 0 aromatic carbocycles. The van der Waals surface area contributed by atoms with Crippen LogP contribution in [0.15, 0.2) is 22.0 Å². The summed E-state index contributed by atoms with van der Waals surface area (Å²) in [5.41, 5.74) is 2.46. The van der Waals surface area contributed by atoms with Gasteiger partial charge in [0.25, 0.3) is 0 Å². The van der Waals surface area contributed by atoms with E-state index in [1.807, 2.05) is 5.38 Å². The van der Waals surface area contributed by atoms with Crippen molar-refractivity contribution in [1.29, 1.82) is 0 Å². The second-order valence-corrected chi connectivity index (χ2v) is 3.46. The summed E-state index contributed by atoms with van der Waals surface area (Å²) in [7, 11) is 0. The Kier molecular flexibility index (Phi) is 2.60. The highest BCUT2D eigenvalue weighted by Crippen LogP contribution is 2.27. The second-order valence-electron chi connectivity index (χ2n) is 2.56. The van der Waals surface area contributed by atoms with E-state index in [1.165, 1.54) is 11.1 Å². The SMILES string of the molecule is C=Nc1sccc1C=C(C)C. The van der Waals surface area contributed by atoms with Crippen LogP contribution in [-0.2, 0) is 0 Å². The maximum atomic E-state index is 3.91. The Morgan fingerprint density at radius 1 is 1.64 bits per heavy atom. The highest BCUT2D eigenvalue weighted by molar-refractivity contribution is 7.14. The molecule has 0 bridgehead atoms. The van der Waals surface area contributed by atoms with E-state index in [0.29, 0.717) is 0 Å². The lowest BCUT2D eigenvalue weighted by Gasteiger charge is -1.90. The van der Waals surface area contributed by atoms with Crippen molar-refractivity contribution in [2.45, 2.75) is 13.8 Å². The van der Waals surface area contributed by atoms with Crippen LogP contribution in [0.25, 0.3) is 6.08 Å². The number of hydrogen-bond donors (Lipinski definition) is 0. The molecule has 0 aliphatic heterocycles.